The lowest BCUT2D eigenvalue weighted by Crippen LogP contribution is -2.38. The number of terminal acetylenes is 1. The minimum atomic E-state index is -0.0279. The van der Waals surface area contributed by atoms with Crippen molar-refractivity contribution in [1.82, 2.24) is 19.5 Å². The first-order chi connectivity index (χ1) is 15.5. The minimum absolute atomic E-state index is 0.0279. The number of anilines is 1. The quantitative estimate of drug-likeness (QED) is 0.589. The van der Waals surface area contributed by atoms with Crippen LogP contribution in [-0.4, -0.2) is 45.0 Å². The topological polar surface area (TPSA) is 53.7 Å². The summed E-state index contributed by atoms with van der Waals surface area (Å²) in [6, 6.07) is 9.86. The molecule has 164 valence electrons. The zero-order chi connectivity index (χ0) is 22.2. The number of nitrogens with zero attached hydrogens (tertiary/aromatic N) is 5. The molecule has 6 heteroatoms. The summed E-state index contributed by atoms with van der Waals surface area (Å²) in [7, 11) is 0. The molecule has 2 aliphatic heterocycles. The second kappa shape index (κ2) is 8.31. The van der Waals surface area contributed by atoms with Gasteiger partial charge in [-0.25, -0.2) is 9.50 Å². The third-order valence-corrected chi connectivity index (χ3v) is 6.72. The van der Waals surface area contributed by atoms with Crippen LogP contribution in [0.1, 0.15) is 58.9 Å². The number of hydrogen-bond donors (Lipinski definition) is 0. The molecule has 0 aliphatic carbocycles. The van der Waals surface area contributed by atoms with Crippen LogP contribution in [0, 0.1) is 32.1 Å². The number of piperidine rings is 1. The Bertz CT molecular complexity index is 1210. The van der Waals surface area contributed by atoms with E-state index in [2.05, 4.69) is 17.7 Å². The maximum absolute atomic E-state index is 13.3. The van der Waals surface area contributed by atoms with E-state index in [0.29, 0.717) is 0 Å². The fraction of sp³-hybridized carbons (Fsp3) is 0.423. The molecule has 1 amide bonds. The standard InChI is InChI=1S/C26H29N5O/c1-4-20-11-13-29(17-20)25-19(3)16-31-24(27-25)15-22(28-31)23-10-5-6-12-30(23)26(32)21-9-7-8-18(2)14-21/h1,7-9,14-16,20,23H,5-6,10-13,17H2,2-3H3/t20-,23-/m0/s1. The highest BCUT2D eigenvalue weighted by molar-refractivity contribution is 5.94. The zero-order valence-electron chi connectivity index (χ0n) is 18.8. The first kappa shape index (κ1) is 20.6. The van der Waals surface area contributed by atoms with Crippen LogP contribution in [0.4, 0.5) is 5.82 Å². The van der Waals surface area contributed by atoms with E-state index < -0.39 is 0 Å². The molecule has 5 rings (SSSR count). The van der Waals surface area contributed by atoms with Gasteiger partial charge >= 0.3 is 0 Å². The number of carbonyl (C=O) groups is 1. The Labute approximate surface area is 189 Å². The van der Waals surface area contributed by atoms with Crippen molar-refractivity contribution in [2.45, 2.75) is 45.6 Å². The molecule has 2 fully saturated rings. The lowest BCUT2D eigenvalue weighted by atomic mass is 9.98. The van der Waals surface area contributed by atoms with Crippen LogP contribution in [-0.2, 0) is 0 Å². The highest BCUT2D eigenvalue weighted by Gasteiger charge is 2.31. The van der Waals surface area contributed by atoms with Gasteiger partial charge in [0.1, 0.15) is 5.82 Å². The van der Waals surface area contributed by atoms with Gasteiger partial charge in [-0.05, 0) is 51.7 Å². The van der Waals surface area contributed by atoms with E-state index in [-0.39, 0.29) is 17.9 Å². The summed E-state index contributed by atoms with van der Waals surface area (Å²) in [5, 5.41) is 4.85. The van der Waals surface area contributed by atoms with Crippen molar-refractivity contribution >= 4 is 17.4 Å². The second-order valence-corrected chi connectivity index (χ2v) is 9.10. The van der Waals surface area contributed by atoms with Crippen LogP contribution in [0.25, 0.3) is 5.65 Å². The Kier molecular flexibility index (Phi) is 5.34. The van der Waals surface area contributed by atoms with Gasteiger partial charge in [0.25, 0.3) is 5.91 Å². The molecule has 0 spiro atoms. The summed E-state index contributed by atoms with van der Waals surface area (Å²) in [5.74, 6) is 4.23. The van der Waals surface area contributed by atoms with E-state index in [1.165, 1.54) is 0 Å². The summed E-state index contributed by atoms with van der Waals surface area (Å²) in [5.41, 5.74) is 4.66. The summed E-state index contributed by atoms with van der Waals surface area (Å²) >= 11 is 0. The molecule has 3 aromatic rings. The van der Waals surface area contributed by atoms with Gasteiger partial charge in [-0.2, -0.15) is 5.10 Å². The molecular formula is C26H29N5O. The van der Waals surface area contributed by atoms with Gasteiger partial charge in [-0.1, -0.05) is 17.7 Å². The highest BCUT2D eigenvalue weighted by atomic mass is 16.2. The lowest BCUT2D eigenvalue weighted by Gasteiger charge is -2.34. The Hall–Kier alpha value is -3.33. The number of carbonyl (C=O) groups excluding carboxylic acids is 1. The molecule has 2 atom stereocenters. The zero-order valence-corrected chi connectivity index (χ0v) is 18.8. The maximum atomic E-state index is 13.3. The van der Waals surface area contributed by atoms with E-state index in [0.717, 1.165) is 79.2 Å². The van der Waals surface area contributed by atoms with Crippen LogP contribution < -0.4 is 4.90 Å². The van der Waals surface area contributed by atoms with E-state index in [1.807, 2.05) is 52.9 Å². The van der Waals surface area contributed by atoms with Crippen molar-refractivity contribution in [2.24, 2.45) is 5.92 Å². The number of benzene rings is 1. The number of aryl methyl sites for hydroxylation is 2. The van der Waals surface area contributed by atoms with Crippen molar-refractivity contribution in [1.29, 1.82) is 0 Å². The Morgan fingerprint density at radius 1 is 1.16 bits per heavy atom. The van der Waals surface area contributed by atoms with Crippen molar-refractivity contribution < 1.29 is 4.79 Å². The number of likely N-dealkylation sites (tertiary alicyclic amines) is 1. The molecule has 6 nitrogen and oxygen atoms in total. The van der Waals surface area contributed by atoms with E-state index in [4.69, 9.17) is 16.5 Å². The van der Waals surface area contributed by atoms with Gasteiger partial charge in [0.05, 0.1) is 11.7 Å². The van der Waals surface area contributed by atoms with Crippen LogP contribution in [0.5, 0.6) is 0 Å². The van der Waals surface area contributed by atoms with Crippen molar-refractivity contribution in [2.75, 3.05) is 24.5 Å². The van der Waals surface area contributed by atoms with Gasteiger partial charge in [-0.15, -0.1) is 12.3 Å². The number of fused-ring (bicyclic) bond motifs is 1. The molecule has 2 saturated heterocycles. The van der Waals surface area contributed by atoms with Gasteiger partial charge in [0, 0.05) is 48.9 Å². The molecule has 0 saturated carbocycles. The van der Waals surface area contributed by atoms with Gasteiger partial charge < -0.3 is 9.80 Å². The first-order valence-electron chi connectivity index (χ1n) is 11.5. The SMILES string of the molecule is C#C[C@H]1CCN(c2nc3cc([C@@H]4CCCCN4C(=O)c4cccc(C)c4)nn3cc2C)C1. The summed E-state index contributed by atoms with van der Waals surface area (Å²) in [6.45, 7) is 6.62. The average molecular weight is 428 g/mol. The number of hydrogen-bond acceptors (Lipinski definition) is 4. The normalized spacial score (nSPS) is 21.2. The van der Waals surface area contributed by atoms with Crippen LogP contribution in [0.2, 0.25) is 0 Å². The maximum Gasteiger partial charge on any atom is 0.254 e. The Morgan fingerprint density at radius 2 is 2.03 bits per heavy atom. The van der Waals surface area contributed by atoms with E-state index in [9.17, 15) is 4.79 Å². The summed E-state index contributed by atoms with van der Waals surface area (Å²) in [4.78, 5) is 22.6. The van der Waals surface area contributed by atoms with Crippen molar-refractivity contribution in [3.8, 4) is 12.3 Å². The summed E-state index contributed by atoms with van der Waals surface area (Å²) in [6.07, 6.45) is 11.7. The molecule has 0 radical (unpaired) electrons. The molecular weight excluding hydrogens is 398 g/mol. The highest BCUT2D eigenvalue weighted by Crippen LogP contribution is 2.33. The number of amides is 1. The second-order valence-electron chi connectivity index (χ2n) is 9.10. The van der Waals surface area contributed by atoms with Gasteiger partial charge in [0.15, 0.2) is 5.65 Å². The monoisotopic (exact) mass is 427 g/mol. The molecule has 0 unspecified atom stereocenters. The fourth-order valence-corrected chi connectivity index (χ4v) is 5.02. The van der Waals surface area contributed by atoms with E-state index in [1.54, 1.807) is 0 Å². The molecule has 0 bridgehead atoms. The van der Waals surface area contributed by atoms with E-state index >= 15 is 0 Å². The summed E-state index contributed by atoms with van der Waals surface area (Å²) < 4.78 is 1.85. The Morgan fingerprint density at radius 3 is 2.81 bits per heavy atom. The number of aromatic nitrogens is 3. The third-order valence-electron chi connectivity index (χ3n) is 6.72. The molecule has 0 N–H and O–H groups in total. The largest absolute Gasteiger partial charge is 0.355 e. The average Bonchev–Trinajstić information content (AvgIpc) is 3.44. The molecule has 2 aliphatic rings. The smallest absolute Gasteiger partial charge is 0.254 e. The Balaban J connectivity index is 1.46. The predicted octanol–water partition coefficient (Wildman–Crippen LogP) is 4.17. The van der Waals surface area contributed by atoms with Gasteiger partial charge in [-0.3, -0.25) is 4.79 Å². The number of rotatable bonds is 3. The fourth-order valence-electron chi connectivity index (χ4n) is 5.02. The lowest BCUT2D eigenvalue weighted by molar-refractivity contribution is 0.0605. The van der Waals surface area contributed by atoms with Crippen LogP contribution in [0.3, 0.4) is 0 Å². The molecule has 32 heavy (non-hydrogen) atoms. The van der Waals surface area contributed by atoms with Crippen molar-refractivity contribution in [3.63, 3.8) is 0 Å². The molecule has 4 heterocycles. The molecule has 1 aromatic carbocycles. The minimum Gasteiger partial charge on any atom is -0.355 e. The molecule has 2 aromatic heterocycles. The van der Waals surface area contributed by atoms with Crippen molar-refractivity contribution in [3.05, 3.63) is 58.9 Å². The van der Waals surface area contributed by atoms with Crippen LogP contribution in [0.15, 0.2) is 36.5 Å². The predicted molar refractivity (Wildman–Crippen MR) is 126 cm³/mol. The van der Waals surface area contributed by atoms with Crippen LogP contribution >= 0.6 is 0 Å². The van der Waals surface area contributed by atoms with Gasteiger partial charge in [0.2, 0.25) is 0 Å². The third kappa shape index (κ3) is 3.73. The first-order valence-corrected chi connectivity index (χ1v) is 11.5.